The number of rotatable bonds is 1. The van der Waals surface area contributed by atoms with Gasteiger partial charge in [-0.05, 0) is 31.6 Å². The Bertz CT molecular complexity index is 316. The van der Waals surface area contributed by atoms with Gasteiger partial charge in [-0.1, -0.05) is 13.3 Å². The second kappa shape index (κ2) is 5.07. The van der Waals surface area contributed by atoms with Gasteiger partial charge in [0.1, 0.15) is 6.04 Å². The van der Waals surface area contributed by atoms with E-state index in [-0.39, 0.29) is 24.0 Å². The second-order valence-corrected chi connectivity index (χ2v) is 5.21. The van der Waals surface area contributed by atoms with Crippen molar-refractivity contribution in [2.75, 3.05) is 7.11 Å². The predicted octanol–water partition coefficient (Wildman–Crippen LogP) is 1.73. The lowest BCUT2D eigenvalue weighted by Crippen LogP contribution is -2.48. The molecule has 0 aromatic rings. The molecule has 2 fully saturated rings. The molecule has 0 saturated carbocycles. The molecule has 4 nitrogen and oxygen atoms in total. The summed E-state index contributed by atoms with van der Waals surface area (Å²) < 4.78 is 4.81. The highest BCUT2D eigenvalue weighted by atomic mass is 16.5. The van der Waals surface area contributed by atoms with Gasteiger partial charge in [0.15, 0.2) is 0 Å². The molecule has 2 heterocycles. The lowest BCUT2D eigenvalue weighted by Gasteiger charge is -2.34. The smallest absolute Gasteiger partial charge is 0.328 e. The molecule has 1 unspecified atom stereocenters. The molecule has 2 saturated heterocycles. The summed E-state index contributed by atoms with van der Waals surface area (Å²) in [6.45, 7) is 2.19. The highest BCUT2D eigenvalue weighted by Gasteiger charge is 2.43. The van der Waals surface area contributed by atoms with Crippen molar-refractivity contribution in [3.05, 3.63) is 0 Å². The summed E-state index contributed by atoms with van der Waals surface area (Å²) in [6.07, 6.45) is 5.50. The van der Waals surface area contributed by atoms with Crippen LogP contribution in [0.25, 0.3) is 0 Å². The molecule has 4 heteroatoms. The number of nitrogens with zero attached hydrogens (tertiary/aromatic N) is 1. The van der Waals surface area contributed by atoms with Crippen LogP contribution >= 0.6 is 0 Å². The zero-order valence-electron chi connectivity index (χ0n) is 10.6. The molecule has 0 bridgehead atoms. The van der Waals surface area contributed by atoms with E-state index >= 15 is 0 Å². The summed E-state index contributed by atoms with van der Waals surface area (Å²) in [5.41, 5.74) is 0. The van der Waals surface area contributed by atoms with Crippen LogP contribution in [0.1, 0.15) is 45.4 Å². The number of hydrogen-bond donors (Lipinski definition) is 0. The quantitative estimate of drug-likeness (QED) is 0.655. The molecule has 1 amide bonds. The largest absolute Gasteiger partial charge is 0.467 e. The Morgan fingerprint density at radius 1 is 1.29 bits per heavy atom. The molecule has 2 aliphatic rings. The highest BCUT2D eigenvalue weighted by Crippen LogP contribution is 2.34. The van der Waals surface area contributed by atoms with Crippen LogP contribution in [0, 0.1) is 5.92 Å². The van der Waals surface area contributed by atoms with E-state index in [4.69, 9.17) is 4.74 Å². The van der Waals surface area contributed by atoms with Crippen molar-refractivity contribution in [3.63, 3.8) is 0 Å². The number of esters is 1. The fourth-order valence-electron chi connectivity index (χ4n) is 3.19. The average Bonchev–Trinajstić information content (AvgIpc) is 2.75. The molecule has 0 spiro atoms. The van der Waals surface area contributed by atoms with Gasteiger partial charge >= 0.3 is 5.97 Å². The zero-order chi connectivity index (χ0) is 12.4. The van der Waals surface area contributed by atoms with Crippen LogP contribution in [0.15, 0.2) is 0 Å². The molecule has 0 N–H and O–H groups in total. The number of fused-ring (bicyclic) bond motifs is 1. The molecular weight excluding hydrogens is 218 g/mol. The zero-order valence-corrected chi connectivity index (χ0v) is 10.6. The number of methoxy groups -OCH3 is 1. The number of ether oxygens (including phenoxy) is 1. The lowest BCUT2D eigenvalue weighted by molar-refractivity contribution is -0.153. The number of hydrogen-bond acceptors (Lipinski definition) is 3. The van der Waals surface area contributed by atoms with Gasteiger partial charge in [0, 0.05) is 12.5 Å². The van der Waals surface area contributed by atoms with Gasteiger partial charge in [-0.2, -0.15) is 0 Å². The van der Waals surface area contributed by atoms with Crippen molar-refractivity contribution in [1.29, 1.82) is 0 Å². The molecule has 3 atom stereocenters. The standard InChI is InChI=1S/C13H21NO3/c1-9-5-3-4-6-12(15)14-10(9)7-8-11(14)13(16)17-2/h9-11H,3-8H2,1-2H3/t9?,10-,11+/m1/s1. The van der Waals surface area contributed by atoms with Gasteiger partial charge in [0.25, 0.3) is 0 Å². The lowest BCUT2D eigenvalue weighted by atomic mass is 9.91. The van der Waals surface area contributed by atoms with Crippen molar-refractivity contribution in [3.8, 4) is 0 Å². The van der Waals surface area contributed by atoms with Crippen molar-refractivity contribution in [1.82, 2.24) is 4.90 Å². The fraction of sp³-hybridized carbons (Fsp3) is 0.846. The highest BCUT2D eigenvalue weighted by molar-refractivity contribution is 5.85. The molecule has 17 heavy (non-hydrogen) atoms. The minimum absolute atomic E-state index is 0.134. The molecule has 0 aliphatic carbocycles. The Morgan fingerprint density at radius 2 is 2.06 bits per heavy atom. The third-order valence-electron chi connectivity index (χ3n) is 4.15. The number of amides is 1. The molecule has 0 aromatic heterocycles. The monoisotopic (exact) mass is 239 g/mol. The summed E-state index contributed by atoms with van der Waals surface area (Å²) in [4.78, 5) is 25.7. The van der Waals surface area contributed by atoms with Crippen molar-refractivity contribution in [2.24, 2.45) is 5.92 Å². The summed E-state index contributed by atoms with van der Waals surface area (Å²) >= 11 is 0. The summed E-state index contributed by atoms with van der Waals surface area (Å²) in [5, 5.41) is 0. The number of carbonyl (C=O) groups excluding carboxylic acids is 2. The maximum absolute atomic E-state index is 12.1. The third-order valence-corrected chi connectivity index (χ3v) is 4.15. The van der Waals surface area contributed by atoms with E-state index in [0.29, 0.717) is 12.3 Å². The first-order valence-electron chi connectivity index (χ1n) is 6.54. The first-order valence-corrected chi connectivity index (χ1v) is 6.54. The van der Waals surface area contributed by atoms with E-state index in [1.165, 1.54) is 7.11 Å². The molecule has 0 aromatic carbocycles. The molecule has 2 aliphatic heterocycles. The van der Waals surface area contributed by atoms with Crippen LogP contribution in [-0.2, 0) is 14.3 Å². The van der Waals surface area contributed by atoms with Crippen molar-refractivity contribution in [2.45, 2.75) is 57.5 Å². The summed E-state index contributed by atoms with van der Waals surface area (Å²) in [6, 6.07) is -0.0926. The van der Waals surface area contributed by atoms with Crippen LogP contribution in [0.5, 0.6) is 0 Å². The summed E-state index contributed by atoms with van der Waals surface area (Å²) in [5.74, 6) is 0.372. The van der Waals surface area contributed by atoms with Gasteiger partial charge in [-0.3, -0.25) is 4.79 Å². The number of carbonyl (C=O) groups is 2. The molecule has 2 rings (SSSR count). The van der Waals surface area contributed by atoms with E-state index in [1.807, 2.05) is 4.90 Å². The van der Waals surface area contributed by atoms with E-state index in [1.54, 1.807) is 0 Å². The van der Waals surface area contributed by atoms with Gasteiger partial charge in [0.2, 0.25) is 5.91 Å². The Labute approximate surface area is 102 Å². The van der Waals surface area contributed by atoms with E-state index in [0.717, 1.165) is 32.1 Å². The van der Waals surface area contributed by atoms with E-state index in [2.05, 4.69) is 6.92 Å². The Morgan fingerprint density at radius 3 is 2.76 bits per heavy atom. The first kappa shape index (κ1) is 12.4. The van der Waals surface area contributed by atoms with Gasteiger partial charge in [-0.15, -0.1) is 0 Å². The first-order chi connectivity index (χ1) is 8.15. The van der Waals surface area contributed by atoms with E-state index < -0.39 is 0 Å². The fourth-order valence-corrected chi connectivity index (χ4v) is 3.19. The normalized spacial score (nSPS) is 33.9. The van der Waals surface area contributed by atoms with Crippen LogP contribution < -0.4 is 0 Å². The average molecular weight is 239 g/mol. The SMILES string of the molecule is COC(=O)[C@@H]1CC[C@@H]2C(C)CCCCC(=O)N21. The summed E-state index contributed by atoms with van der Waals surface area (Å²) in [7, 11) is 1.40. The molecular formula is C13H21NO3. The topological polar surface area (TPSA) is 46.6 Å². The van der Waals surface area contributed by atoms with Crippen molar-refractivity contribution >= 4 is 11.9 Å². The van der Waals surface area contributed by atoms with Gasteiger partial charge in [-0.25, -0.2) is 4.79 Å². The maximum atomic E-state index is 12.1. The van der Waals surface area contributed by atoms with Gasteiger partial charge < -0.3 is 9.64 Å². The van der Waals surface area contributed by atoms with Crippen molar-refractivity contribution < 1.29 is 14.3 Å². The minimum Gasteiger partial charge on any atom is -0.467 e. The Hall–Kier alpha value is -1.06. The second-order valence-electron chi connectivity index (χ2n) is 5.21. The van der Waals surface area contributed by atoms with Crippen LogP contribution in [0.2, 0.25) is 0 Å². The van der Waals surface area contributed by atoms with Crippen LogP contribution in [0.3, 0.4) is 0 Å². The van der Waals surface area contributed by atoms with Gasteiger partial charge in [0.05, 0.1) is 7.11 Å². The molecule has 0 radical (unpaired) electrons. The Kier molecular flexibility index (Phi) is 3.69. The van der Waals surface area contributed by atoms with E-state index in [9.17, 15) is 9.59 Å². The molecule has 96 valence electrons. The minimum atomic E-state index is -0.335. The van der Waals surface area contributed by atoms with Crippen LogP contribution in [0.4, 0.5) is 0 Å². The van der Waals surface area contributed by atoms with Crippen LogP contribution in [-0.4, -0.2) is 36.0 Å². The predicted molar refractivity (Wildman–Crippen MR) is 63.3 cm³/mol. The Balaban J connectivity index is 2.20. The third kappa shape index (κ3) is 2.31. The maximum Gasteiger partial charge on any atom is 0.328 e.